The van der Waals surface area contributed by atoms with Crippen LogP contribution in [0.5, 0.6) is 0 Å². The number of hydrogen-bond donors (Lipinski definition) is 0. The van der Waals surface area contributed by atoms with Crippen molar-refractivity contribution >= 4 is 39.1 Å². The van der Waals surface area contributed by atoms with Crippen molar-refractivity contribution < 1.29 is 4.74 Å². The van der Waals surface area contributed by atoms with Crippen molar-refractivity contribution in [3.8, 4) is 0 Å². The average molecular weight is 346 g/mol. The van der Waals surface area contributed by atoms with Gasteiger partial charge >= 0.3 is 0 Å². The molecule has 1 rings (SSSR count). The van der Waals surface area contributed by atoms with Gasteiger partial charge in [-0.3, -0.25) is 0 Å². The Morgan fingerprint density at radius 2 is 1.94 bits per heavy atom. The Balaban J connectivity index is 2.54. The van der Waals surface area contributed by atoms with Gasteiger partial charge in [-0.05, 0) is 30.6 Å². The van der Waals surface area contributed by atoms with Gasteiger partial charge in [0.05, 0.1) is 17.0 Å². The van der Waals surface area contributed by atoms with Crippen molar-refractivity contribution in [2.75, 3.05) is 11.8 Å². The van der Waals surface area contributed by atoms with Crippen molar-refractivity contribution in [3.63, 3.8) is 0 Å². The third kappa shape index (κ3) is 5.26. The SMILES string of the molecule is CC1CC(OC(CCl)C(Br)CCl)CC(C)(C)C1. The summed E-state index contributed by atoms with van der Waals surface area (Å²) in [6.07, 6.45) is 3.87. The maximum absolute atomic E-state index is 6.14. The molecule has 0 saturated heterocycles. The number of hydrogen-bond acceptors (Lipinski definition) is 1. The van der Waals surface area contributed by atoms with Gasteiger partial charge in [0.2, 0.25) is 0 Å². The molecule has 0 aromatic rings. The van der Waals surface area contributed by atoms with Crippen LogP contribution in [0, 0.1) is 11.3 Å². The molecule has 0 amide bonds. The number of rotatable bonds is 5. The summed E-state index contributed by atoms with van der Waals surface area (Å²) >= 11 is 15.3. The lowest BCUT2D eigenvalue weighted by Crippen LogP contribution is -2.38. The van der Waals surface area contributed by atoms with E-state index in [0.717, 1.165) is 18.8 Å². The minimum atomic E-state index is 0.0141. The summed E-state index contributed by atoms with van der Waals surface area (Å²) in [5, 5.41) is 0. The Hall–Kier alpha value is 1.02. The first-order valence-electron chi connectivity index (χ1n) is 6.29. The van der Waals surface area contributed by atoms with Gasteiger partial charge in [0, 0.05) is 11.8 Å². The molecule has 0 aromatic heterocycles. The highest BCUT2D eigenvalue weighted by atomic mass is 79.9. The summed E-state index contributed by atoms with van der Waals surface area (Å²) < 4.78 is 6.14. The first kappa shape index (κ1) is 16.1. The molecular weight excluding hydrogens is 323 g/mol. The molecule has 4 atom stereocenters. The molecule has 0 aliphatic heterocycles. The Morgan fingerprint density at radius 3 is 2.41 bits per heavy atom. The maximum atomic E-state index is 6.14. The fraction of sp³-hybridized carbons (Fsp3) is 1.00. The molecule has 17 heavy (non-hydrogen) atoms. The van der Waals surface area contributed by atoms with Crippen molar-refractivity contribution in [2.45, 2.75) is 57.1 Å². The molecule has 102 valence electrons. The van der Waals surface area contributed by atoms with E-state index in [9.17, 15) is 0 Å². The molecule has 1 aliphatic rings. The van der Waals surface area contributed by atoms with Crippen molar-refractivity contribution in [2.24, 2.45) is 11.3 Å². The van der Waals surface area contributed by atoms with Gasteiger partial charge < -0.3 is 4.74 Å². The molecule has 0 spiro atoms. The Kier molecular flexibility index (Phi) is 6.60. The highest BCUT2D eigenvalue weighted by molar-refractivity contribution is 9.09. The minimum Gasteiger partial charge on any atom is -0.373 e. The van der Waals surface area contributed by atoms with E-state index in [-0.39, 0.29) is 10.9 Å². The van der Waals surface area contributed by atoms with Crippen LogP contribution in [0.15, 0.2) is 0 Å². The van der Waals surface area contributed by atoms with E-state index in [4.69, 9.17) is 27.9 Å². The zero-order chi connectivity index (χ0) is 13.1. The van der Waals surface area contributed by atoms with E-state index in [0.29, 0.717) is 23.3 Å². The van der Waals surface area contributed by atoms with Crippen molar-refractivity contribution in [3.05, 3.63) is 0 Å². The Morgan fingerprint density at radius 1 is 1.29 bits per heavy atom. The molecule has 0 radical (unpaired) electrons. The standard InChI is InChI=1S/C13H23BrCl2O/c1-9-4-10(6-13(2,3)5-9)17-12(8-16)11(14)7-15/h9-12H,4-8H2,1-3H3. The van der Waals surface area contributed by atoms with Crippen molar-refractivity contribution in [1.29, 1.82) is 0 Å². The molecule has 4 heteroatoms. The predicted molar refractivity (Wildman–Crippen MR) is 79.6 cm³/mol. The number of ether oxygens (including phenoxy) is 1. The summed E-state index contributed by atoms with van der Waals surface area (Å²) in [5.74, 6) is 1.75. The molecule has 4 unspecified atom stereocenters. The Bertz CT molecular complexity index is 235. The lowest BCUT2D eigenvalue weighted by atomic mass is 9.71. The molecular formula is C13H23BrCl2O. The van der Waals surface area contributed by atoms with Gasteiger partial charge in [0.15, 0.2) is 0 Å². The average Bonchev–Trinajstić information content (AvgIpc) is 2.22. The van der Waals surface area contributed by atoms with E-state index in [1.165, 1.54) is 6.42 Å². The molecule has 0 N–H and O–H groups in total. The molecule has 1 nitrogen and oxygen atoms in total. The second kappa shape index (κ2) is 6.98. The highest BCUT2D eigenvalue weighted by Crippen LogP contribution is 2.40. The molecule has 1 aliphatic carbocycles. The lowest BCUT2D eigenvalue weighted by molar-refractivity contribution is -0.0554. The normalized spacial score (nSPS) is 32.1. The third-order valence-corrected chi connectivity index (χ3v) is 5.34. The van der Waals surface area contributed by atoms with Gasteiger partial charge in [0.25, 0.3) is 0 Å². The van der Waals surface area contributed by atoms with Crippen LogP contribution in [0.1, 0.15) is 40.0 Å². The fourth-order valence-corrected chi connectivity index (χ4v) is 3.94. The van der Waals surface area contributed by atoms with Gasteiger partial charge in [0.1, 0.15) is 0 Å². The van der Waals surface area contributed by atoms with Crippen LogP contribution in [0.25, 0.3) is 0 Å². The largest absolute Gasteiger partial charge is 0.373 e. The highest BCUT2D eigenvalue weighted by Gasteiger charge is 2.34. The number of halogens is 3. The van der Waals surface area contributed by atoms with E-state index in [1.807, 2.05) is 0 Å². The first-order valence-corrected chi connectivity index (χ1v) is 8.28. The van der Waals surface area contributed by atoms with Crippen LogP contribution >= 0.6 is 39.1 Å². The molecule has 0 aromatic carbocycles. The quantitative estimate of drug-likeness (QED) is 0.648. The Labute approximate surface area is 124 Å². The van der Waals surface area contributed by atoms with Crippen LogP contribution in [-0.4, -0.2) is 28.8 Å². The second-order valence-corrected chi connectivity index (χ2v) is 7.83. The summed E-state index contributed by atoms with van der Waals surface area (Å²) in [4.78, 5) is 0.141. The van der Waals surface area contributed by atoms with Gasteiger partial charge in [-0.1, -0.05) is 36.7 Å². The molecule has 1 fully saturated rings. The maximum Gasteiger partial charge on any atom is 0.0850 e. The van der Waals surface area contributed by atoms with Crippen LogP contribution < -0.4 is 0 Å². The topological polar surface area (TPSA) is 9.23 Å². The van der Waals surface area contributed by atoms with Crippen LogP contribution in [0.3, 0.4) is 0 Å². The van der Waals surface area contributed by atoms with Crippen LogP contribution in [0.2, 0.25) is 0 Å². The summed E-state index contributed by atoms with van der Waals surface area (Å²) in [5.41, 5.74) is 0.377. The van der Waals surface area contributed by atoms with E-state index < -0.39 is 0 Å². The summed E-state index contributed by atoms with van der Waals surface area (Å²) in [6, 6.07) is 0. The smallest absolute Gasteiger partial charge is 0.0850 e. The molecule has 1 saturated carbocycles. The third-order valence-electron chi connectivity index (χ3n) is 3.42. The first-order chi connectivity index (χ1) is 7.88. The van der Waals surface area contributed by atoms with Crippen LogP contribution in [0.4, 0.5) is 0 Å². The van der Waals surface area contributed by atoms with E-state index in [2.05, 4.69) is 36.7 Å². The summed E-state index contributed by atoms with van der Waals surface area (Å²) in [6.45, 7) is 6.95. The molecule has 0 heterocycles. The minimum absolute atomic E-state index is 0.0141. The zero-order valence-electron chi connectivity index (χ0n) is 10.9. The second-order valence-electron chi connectivity index (χ2n) is 6.03. The van der Waals surface area contributed by atoms with E-state index in [1.54, 1.807) is 0 Å². The van der Waals surface area contributed by atoms with Crippen LogP contribution in [-0.2, 0) is 4.74 Å². The fourth-order valence-electron chi connectivity index (χ4n) is 2.93. The van der Waals surface area contributed by atoms with Gasteiger partial charge in [-0.2, -0.15) is 0 Å². The van der Waals surface area contributed by atoms with Gasteiger partial charge in [-0.25, -0.2) is 0 Å². The molecule has 0 bridgehead atoms. The van der Waals surface area contributed by atoms with E-state index >= 15 is 0 Å². The summed E-state index contributed by atoms with van der Waals surface area (Å²) in [7, 11) is 0. The monoisotopic (exact) mass is 344 g/mol. The zero-order valence-corrected chi connectivity index (χ0v) is 14.0. The van der Waals surface area contributed by atoms with Crippen molar-refractivity contribution in [1.82, 2.24) is 0 Å². The number of alkyl halides is 3. The lowest BCUT2D eigenvalue weighted by Gasteiger charge is -2.40. The van der Waals surface area contributed by atoms with Gasteiger partial charge in [-0.15, -0.1) is 23.2 Å². The predicted octanol–water partition coefficient (Wildman–Crippen LogP) is 4.83.